The van der Waals surface area contributed by atoms with E-state index in [1.165, 1.54) is 37.0 Å². The average molecular weight is 479 g/mol. The second-order valence-electron chi connectivity index (χ2n) is 9.27. The van der Waals surface area contributed by atoms with Gasteiger partial charge in [-0.1, -0.05) is 32.4 Å². The molecule has 1 fully saturated rings. The molecule has 1 saturated heterocycles. The third-order valence-corrected chi connectivity index (χ3v) is 7.17. The number of carbonyl (C=O) groups is 2. The van der Waals surface area contributed by atoms with Crippen LogP contribution in [0.15, 0.2) is 42.6 Å². The van der Waals surface area contributed by atoms with Gasteiger partial charge in [0, 0.05) is 25.3 Å². The number of aromatic nitrogens is 1. The standard InChI is InChI=1S/C27H38N6O2/c1-3-31(4-2)18-10-12-21-11-7-8-19-32(21)20-17-29-27(35)33-24-15-6-5-13-22(24)26(34)30-23-14-9-16-28-25(23)33/h5-6,9,13-16,21H,3-4,7-8,10-12,17-20H2,1-2H3,(H,29,35)(H,30,34). The number of amides is 3. The lowest BCUT2D eigenvalue weighted by atomic mass is 9.98. The molecule has 0 bridgehead atoms. The molecule has 0 saturated carbocycles. The molecule has 2 aromatic rings. The zero-order valence-electron chi connectivity index (χ0n) is 21.0. The first-order valence-electron chi connectivity index (χ1n) is 13.0. The first-order chi connectivity index (χ1) is 17.1. The number of nitrogens with zero attached hydrogens (tertiary/aromatic N) is 4. The van der Waals surface area contributed by atoms with Gasteiger partial charge in [-0.2, -0.15) is 0 Å². The van der Waals surface area contributed by atoms with Crippen LogP contribution in [-0.2, 0) is 0 Å². The molecule has 2 aliphatic rings. The van der Waals surface area contributed by atoms with Gasteiger partial charge in [-0.25, -0.2) is 14.7 Å². The van der Waals surface area contributed by atoms with E-state index in [9.17, 15) is 9.59 Å². The molecular formula is C27H38N6O2. The number of urea groups is 1. The Morgan fingerprint density at radius 1 is 1.17 bits per heavy atom. The zero-order valence-corrected chi connectivity index (χ0v) is 21.0. The van der Waals surface area contributed by atoms with Gasteiger partial charge in [-0.15, -0.1) is 0 Å². The molecule has 3 amide bonds. The van der Waals surface area contributed by atoms with Crippen LogP contribution in [0.3, 0.4) is 0 Å². The topological polar surface area (TPSA) is 80.8 Å². The number of hydrogen-bond donors (Lipinski definition) is 2. The summed E-state index contributed by atoms with van der Waals surface area (Å²) in [4.78, 5) is 37.1. The largest absolute Gasteiger partial charge is 0.336 e. The van der Waals surface area contributed by atoms with Crippen molar-refractivity contribution in [2.45, 2.75) is 52.0 Å². The van der Waals surface area contributed by atoms with Gasteiger partial charge in [-0.05, 0) is 76.1 Å². The molecular weight excluding hydrogens is 440 g/mol. The molecule has 2 N–H and O–H groups in total. The molecule has 1 atom stereocenters. The van der Waals surface area contributed by atoms with Crippen molar-refractivity contribution in [2.75, 3.05) is 49.5 Å². The molecule has 1 unspecified atom stereocenters. The molecule has 0 aliphatic carbocycles. The van der Waals surface area contributed by atoms with Crippen molar-refractivity contribution in [3.05, 3.63) is 48.2 Å². The van der Waals surface area contributed by atoms with Crippen molar-refractivity contribution in [3.63, 3.8) is 0 Å². The third kappa shape index (κ3) is 6.00. The molecule has 35 heavy (non-hydrogen) atoms. The number of piperidine rings is 1. The number of likely N-dealkylation sites (tertiary alicyclic amines) is 1. The number of carbonyl (C=O) groups excluding carboxylic acids is 2. The van der Waals surface area contributed by atoms with Crippen LogP contribution >= 0.6 is 0 Å². The first kappa shape index (κ1) is 25.1. The van der Waals surface area contributed by atoms with Crippen molar-refractivity contribution >= 4 is 29.1 Å². The summed E-state index contributed by atoms with van der Waals surface area (Å²) >= 11 is 0. The lowest BCUT2D eigenvalue weighted by Gasteiger charge is -2.36. The van der Waals surface area contributed by atoms with Gasteiger partial charge in [0.05, 0.1) is 16.9 Å². The summed E-state index contributed by atoms with van der Waals surface area (Å²) in [6, 6.07) is 11.0. The Balaban J connectivity index is 1.40. The van der Waals surface area contributed by atoms with Crippen LogP contribution in [0.5, 0.6) is 0 Å². The van der Waals surface area contributed by atoms with E-state index in [1.54, 1.807) is 36.5 Å². The van der Waals surface area contributed by atoms with E-state index in [2.05, 4.69) is 39.3 Å². The lowest BCUT2D eigenvalue weighted by molar-refractivity contribution is 0.102. The van der Waals surface area contributed by atoms with Gasteiger partial charge in [0.1, 0.15) is 0 Å². The maximum Gasteiger partial charge on any atom is 0.327 e. The van der Waals surface area contributed by atoms with Crippen LogP contribution in [0.1, 0.15) is 56.3 Å². The number of hydrogen-bond acceptors (Lipinski definition) is 5. The number of pyridine rings is 1. The third-order valence-electron chi connectivity index (χ3n) is 7.17. The number of benzene rings is 1. The number of rotatable bonds is 9. The maximum absolute atomic E-state index is 13.4. The predicted molar refractivity (Wildman–Crippen MR) is 140 cm³/mol. The van der Waals surface area contributed by atoms with Crippen LogP contribution < -0.4 is 15.5 Å². The molecule has 1 aromatic heterocycles. The summed E-state index contributed by atoms with van der Waals surface area (Å²) in [6.45, 7) is 10.3. The van der Waals surface area contributed by atoms with E-state index >= 15 is 0 Å². The molecule has 3 heterocycles. The Hall–Kier alpha value is -2.97. The van der Waals surface area contributed by atoms with Gasteiger partial charge < -0.3 is 15.5 Å². The average Bonchev–Trinajstić information content (AvgIpc) is 3.01. The molecule has 0 radical (unpaired) electrons. The Bertz CT molecular complexity index is 1010. The minimum absolute atomic E-state index is 0.244. The van der Waals surface area contributed by atoms with E-state index in [-0.39, 0.29) is 11.9 Å². The summed E-state index contributed by atoms with van der Waals surface area (Å²) < 4.78 is 0. The summed E-state index contributed by atoms with van der Waals surface area (Å²) in [5, 5.41) is 5.97. The Morgan fingerprint density at radius 2 is 2.00 bits per heavy atom. The number of para-hydroxylation sites is 1. The number of fused-ring (bicyclic) bond motifs is 2. The smallest absolute Gasteiger partial charge is 0.327 e. The summed E-state index contributed by atoms with van der Waals surface area (Å²) in [6.07, 6.45) is 7.78. The van der Waals surface area contributed by atoms with Crippen molar-refractivity contribution in [2.24, 2.45) is 0 Å². The monoisotopic (exact) mass is 478 g/mol. The predicted octanol–water partition coefficient (Wildman–Crippen LogP) is 4.47. The molecule has 4 rings (SSSR count). The molecule has 0 spiro atoms. The van der Waals surface area contributed by atoms with Crippen molar-refractivity contribution in [3.8, 4) is 0 Å². The van der Waals surface area contributed by atoms with E-state index in [0.717, 1.165) is 32.7 Å². The Kier molecular flexibility index (Phi) is 8.71. The maximum atomic E-state index is 13.4. The number of anilines is 3. The van der Waals surface area contributed by atoms with E-state index in [0.29, 0.717) is 35.3 Å². The fourth-order valence-corrected chi connectivity index (χ4v) is 5.20. The van der Waals surface area contributed by atoms with Crippen molar-refractivity contribution in [1.29, 1.82) is 0 Å². The normalized spacial score (nSPS) is 18.0. The first-order valence-corrected chi connectivity index (χ1v) is 13.0. The highest BCUT2D eigenvalue weighted by Crippen LogP contribution is 2.36. The highest BCUT2D eigenvalue weighted by molar-refractivity contribution is 6.16. The van der Waals surface area contributed by atoms with Crippen LogP contribution in [0.4, 0.5) is 22.0 Å². The fraction of sp³-hybridized carbons (Fsp3) is 0.519. The van der Waals surface area contributed by atoms with Crippen LogP contribution in [0.2, 0.25) is 0 Å². The number of nitrogens with one attached hydrogen (secondary N) is 2. The molecule has 8 heteroatoms. The Labute approximate surface area is 208 Å². The van der Waals surface area contributed by atoms with Crippen LogP contribution in [-0.4, -0.2) is 72.0 Å². The van der Waals surface area contributed by atoms with Gasteiger partial charge in [0.25, 0.3) is 5.91 Å². The van der Waals surface area contributed by atoms with Gasteiger partial charge in [-0.3, -0.25) is 9.69 Å². The SMILES string of the molecule is CCN(CC)CCCC1CCCCN1CCNC(=O)N1c2ccccc2C(=O)Nc2cccnc21. The molecule has 1 aromatic carbocycles. The van der Waals surface area contributed by atoms with Crippen LogP contribution in [0.25, 0.3) is 0 Å². The minimum atomic E-state index is -0.274. The summed E-state index contributed by atoms with van der Waals surface area (Å²) in [5.74, 6) is 0.182. The zero-order chi connectivity index (χ0) is 24.6. The lowest BCUT2D eigenvalue weighted by Crippen LogP contribution is -2.46. The summed E-state index contributed by atoms with van der Waals surface area (Å²) in [7, 11) is 0. The molecule has 188 valence electrons. The van der Waals surface area contributed by atoms with E-state index in [1.807, 2.05) is 6.07 Å². The minimum Gasteiger partial charge on any atom is -0.336 e. The van der Waals surface area contributed by atoms with Gasteiger partial charge >= 0.3 is 6.03 Å². The van der Waals surface area contributed by atoms with Crippen LogP contribution in [0, 0.1) is 0 Å². The summed E-state index contributed by atoms with van der Waals surface area (Å²) in [5.41, 5.74) is 1.50. The van der Waals surface area contributed by atoms with Crippen molar-refractivity contribution in [1.82, 2.24) is 20.1 Å². The second-order valence-corrected chi connectivity index (χ2v) is 9.27. The highest BCUT2D eigenvalue weighted by atomic mass is 16.2. The second kappa shape index (κ2) is 12.1. The quantitative estimate of drug-likeness (QED) is 0.556. The van der Waals surface area contributed by atoms with E-state index < -0.39 is 0 Å². The highest BCUT2D eigenvalue weighted by Gasteiger charge is 2.30. The van der Waals surface area contributed by atoms with Gasteiger partial charge in [0.15, 0.2) is 5.82 Å². The van der Waals surface area contributed by atoms with E-state index in [4.69, 9.17) is 0 Å². The molecule has 8 nitrogen and oxygen atoms in total. The fourth-order valence-electron chi connectivity index (χ4n) is 5.20. The van der Waals surface area contributed by atoms with Crippen molar-refractivity contribution < 1.29 is 9.59 Å². The molecule has 2 aliphatic heterocycles. The van der Waals surface area contributed by atoms with Gasteiger partial charge in [0.2, 0.25) is 0 Å². The Morgan fingerprint density at radius 3 is 2.83 bits per heavy atom.